The van der Waals surface area contributed by atoms with E-state index < -0.39 is 10.3 Å². The molecular formula is C12H17N3O4. The van der Waals surface area contributed by atoms with E-state index in [2.05, 4.69) is 5.32 Å². The van der Waals surface area contributed by atoms with Crippen LogP contribution in [0.5, 0.6) is 5.75 Å². The molecule has 0 radical (unpaired) electrons. The van der Waals surface area contributed by atoms with E-state index in [1.807, 2.05) is 6.92 Å². The molecule has 0 saturated carbocycles. The van der Waals surface area contributed by atoms with Gasteiger partial charge in [-0.1, -0.05) is 6.92 Å². The van der Waals surface area contributed by atoms with Gasteiger partial charge in [-0.3, -0.25) is 14.9 Å². The third kappa shape index (κ3) is 3.19. The first-order valence-corrected chi connectivity index (χ1v) is 5.83. The highest BCUT2D eigenvalue weighted by atomic mass is 16.6. The lowest BCUT2D eigenvalue weighted by atomic mass is 9.86. The molecule has 0 spiro atoms. The number of phenols is 1. The lowest BCUT2D eigenvalue weighted by Crippen LogP contribution is -2.39. The number of nitro groups is 1. The Morgan fingerprint density at radius 1 is 1.58 bits per heavy atom. The van der Waals surface area contributed by atoms with Gasteiger partial charge in [0.05, 0.1) is 16.4 Å². The van der Waals surface area contributed by atoms with Gasteiger partial charge in [0.25, 0.3) is 5.69 Å². The third-order valence-corrected chi connectivity index (χ3v) is 3.21. The molecular weight excluding hydrogens is 250 g/mol. The molecule has 1 aromatic carbocycles. The predicted molar refractivity (Wildman–Crippen MR) is 70.8 cm³/mol. The number of carbonyl (C=O) groups excluding carboxylic acids is 1. The van der Waals surface area contributed by atoms with E-state index in [-0.39, 0.29) is 29.6 Å². The fourth-order valence-electron chi connectivity index (χ4n) is 1.45. The first-order valence-electron chi connectivity index (χ1n) is 5.83. The van der Waals surface area contributed by atoms with E-state index in [4.69, 9.17) is 5.73 Å². The van der Waals surface area contributed by atoms with Crippen LogP contribution in [0.15, 0.2) is 18.2 Å². The number of phenolic OH excluding ortho intramolecular Hbond substituents is 1. The van der Waals surface area contributed by atoms with Crippen molar-refractivity contribution in [2.75, 3.05) is 11.9 Å². The predicted octanol–water partition coefficient (Wildman–Crippen LogP) is 1.61. The lowest BCUT2D eigenvalue weighted by Gasteiger charge is -2.24. The van der Waals surface area contributed by atoms with Gasteiger partial charge in [0.2, 0.25) is 5.91 Å². The summed E-state index contributed by atoms with van der Waals surface area (Å²) in [6.07, 6.45) is 0.515. The molecule has 1 atom stereocenters. The highest BCUT2D eigenvalue weighted by Gasteiger charge is 2.31. The standard InChI is InChI=1S/C12H17N3O4/c1-3-12(2,7-13)11(17)14-9-5-4-8(16)6-10(9)15(18)19/h4-6,16H,3,7,13H2,1-2H3,(H,14,17). The second-order valence-electron chi connectivity index (χ2n) is 4.53. The molecule has 0 fully saturated rings. The van der Waals surface area contributed by atoms with Crippen molar-refractivity contribution in [3.63, 3.8) is 0 Å². The maximum atomic E-state index is 12.1. The Labute approximate surface area is 110 Å². The van der Waals surface area contributed by atoms with Crippen molar-refractivity contribution in [1.82, 2.24) is 0 Å². The van der Waals surface area contributed by atoms with Gasteiger partial charge >= 0.3 is 0 Å². The number of benzene rings is 1. The van der Waals surface area contributed by atoms with Crippen molar-refractivity contribution in [3.8, 4) is 5.75 Å². The Morgan fingerprint density at radius 2 is 2.21 bits per heavy atom. The maximum absolute atomic E-state index is 12.1. The zero-order valence-electron chi connectivity index (χ0n) is 10.8. The number of amides is 1. The van der Waals surface area contributed by atoms with Gasteiger partial charge in [-0.2, -0.15) is 0 Å². The fourth-order valence-corrected chi connectivity index (χ4v) is 1.45. The van der Waals surface area contributed by atoms with Crippen LogP contribution < -0.4 is 11.1 Å². The van der Waals surface area contributed by atoms with E-state index in [0.717, 1.165) is 6.07 Å². The van der Waals surface area contributed by atoms with E-state index in [9.17, 15) is 20.0 Å². The number of hydrogen-bond acceptors (Lipinski definition) is 5. The molecule has 1 rings (SSSR count). The first-order chi connectivity index (χ1) is 8.84. The highest BCUT2D eigenvalue weighted by molar-refractivity contribution is 5.97. The topological polar surface area (TPSA) is 118 Å². The van der Waals surface area contributed by atoms with Crippen LogP contribution in [0.2, 0.25) is 0 Å². The quantitative estimate of drug-likeness (QED) is 0.425. The molecule has 0 heterocycles. The van der Waals surface area contributed by atoms with E-state index in [1.165, 1.54) is 12.1 Å². The summed E-state index contributed by atoms with van der Waals surface area (Å²) in [7, 11) is 0. The minimum absolute atomic E-state index is 0.0425. The van der Waals surface area contributed by atoms with E-state index in [1.54, 1.807) is 6.92 Å². The number of nitro benzene ring substituents is 1. The zero-order valence-corrected chi connectivity index (χ0v) is 10.8. The molecule has 1 unspecified atom stereocenters. The number of aromatic hydroxyl groups is 1. The van der Waals surface area contributed by atoms with Gasteiger partial charge in [-0.15, -0.1) is 0 Å². The number of nitrogens with zero attached hydrogens (tertiary/aromatic N) is 1. The van der Waals surface area contributed by atoms with Crippen molar-refractivity contribution in [2.45, 2.75) is 20.3 Å². The summed E-state index contributed by atoms with van der Waals surface area (Å²) in [6.45, 7) is 3.65. The van der Waals surface area contributed by atoms with Gasteiger partial charge in [0, 0.05) is 6.54 Å². The number of carbonyl (C=O) groups is 1. The fraction of sp³-hybridized carbons (Fsp3) is 0.417. The molecule has 104 valence electrons. The zero-order chi connectivity index (χ0) is 14.6. The Balaban J connectivity index is 3.06. The van der Waals surface area contributed by atoms with Crippen LogP contribution in [-0.4, -0.2) is 22.5 Å². The van der Waals surface area contributed by atoms with E-state index in [0.29, 0.717) is 6.42 Å². The molecule has 0 aliphatic carbocycles. The van der Waals surface area contributed by atoms with E-state index >= 15 is 0 Å². The Kier molecular flexibility index (Phi) is 4.44. The van der Waals surface area contributed by atoms with Crippen LogP contribution in [-0.2, 0) is 4.79 Å². The maximum Gasteiger partial charge on any atom is 0.296 e. The van der Waals surface area contributed by atoms with Crippen LogP contribution in [0.4, 0.5) is 11.4 Å². The number of nitrogens with two attached hydrogens (primary N) is 1. The van der Waals surface area contributed by atoms with Crippen LogP contribution in [0, 0.1) is 15.5 Å². The highest BCUT2D eigenvalue weighted by Crippen LogP contribution is 2.30. The molecule has 1 aromatic rings. The average Bonchev–Trinajstić information content (AvgIpc) is 2.39. The Morgan fingerprint density at radius 3 is 2.68 bits per heavy atom. The molecule has 0 aliphatic rings. The second kappa shape index (κ2) is 5.66. The van der Waals surface area contributed by atoms with Crippen LogP contribution in [0.1, 0.15) is 20.3 Å². The third-order valence-electron chi connectivity index (χ3n) is 3.21. The van der Waals surface area contributed by atoms with Crippen LogP contribution in [0.25, 0.3) is 0 Å². The largest absolute Gasteiger partial charge is 0.508 e. The Bertz CT molecular complexity index is 498. The first kappa shape index (κ1) is 14.9. The Hall–Kier alpha value is -2.15. The van der Waals surface area contributed by atoms with Crippen molar-refractivity contribution in [2.24, 2.45) is 11.1 Å². The lowest BCUT2D eigenvalue weighted by molar-refractivity contribution is -0.384. The van der Waals surface area contributed by atoms with Gasteiger partial charge in [0.15, 0.2) is 0 Å². The summed E-state index contributed by atoms with van der Waals surface area (Å²) in [6, 6.07) is 3.55. The molecule has 0 aliphatic heterocycles. The molecule has 7 heteroatoms. The van der Waals surface area contributed by atoms with Crippen molar-refractivity contribution < 1.29 is 14.8 Å². The average molecular weight is 267 g/mol. The smallest absolute Gasteiger partial charge is 0.296 e. The minimum atomic E-state index is -0.786. The number of anilines is 1. The number of nitrogens with one attached hydrogen (secondary N) is 1. The molecule has 0 saturated heterocycles. The van der Waals surface area contributed by atoms with Crippen molar-refractivity contribution >= 4 is 17.3 Å². The summed E-state index contributed by atoms with van der Waals surface area (Å²) < 4.78 is 0. The summed E-state index contributed by atoms with van der Waals surface area (Å²) in [5.74, 6) is -0.618. The molecule has 0 aromatic heterocycles. The van der Waals surface area contributed by atoms with Gasteiger partial charge in [0.1, 0.15) is 11.4 Å². The molecule has 7 nitrogen and oxygen atoms in total. The SMILES string of the molecule is CCC(C)(CN)C(=O)Nc1ccc(O)cc1[N+](=O)[O-]. The number of rotatable bonds is 5. The summed E-state index contributed by atoms with van der Waals surface area (Å²) in [5, 5.41) is 22.6. The second-order valence-corrected chi connectivity index (χ2v) is 4.53. The minimum Gasteiger partial charge on any atom is -0.508 e. The van der Waals surface area contributed by atoms with Gasteiger partial charge in [-0.25, -0.2) is 0 Å². The molecule has 0 bridgehead atoms. The molecule has 4 N–H and O–H groups in total. The molecule has 19 heavy (non-hydrogen) atoms. The van der Waals surface area contributed by atoms with Crippen molar-refractivity contribution in [1.29, 1.82) is 0 Å². The summed E-state index contributed by atoms with van der Waals surface area (Å²) >= 11 is 0. The molecule has 1 amide bonds. The summed E-state index contributed by atoms with van der Waals surface area (Å²) in [4.78, 5) is 22.3. The van der Waals surface area contributed by atoms with Crippen LogP contribution in [0.3, 0.4) is 0 Å². The number of hydrogen-bond donors (Lipinski definition) is 3. The van der Waals surface area contributed by atoms with Gasteiger partial charge in [-0.05, 0) is 25.5 Å². The van der Waals surface area contributed by atoms with Crippen LogP contribution >= 0.6 is 0 Å². The van der Waals surface area contributed by atoms with Gasteiger partial charge < -0.3 is 16.2 Å². The summed E-state index contributed by atoms with van der Waals surface area (Å²) in [5.41, 5.74) is 4.46. The monoisotopic (exact) mass is 267 g/mol. The normalized spacial score (nSPS) is 13.6. The van der Waals surface area contributed by atoms with Crippen molar-refractivity contribution in [3.05, 3.63) is 28.3 Å².